The predicted octanol–water partition coefficient (Wildman–Crippen LogP) is 13.7. The monoisotopic (exact) mass is 749 g/mol. The fourth-order valence-electron chi connectivity index (χ4n) is 9.87. The molecule has 274 valence electrons. The molecule has 0 amide bonds. The van der Waals surface area contributed by atoms with Gasteiger partial charge in [0, 0.05) is 29.1 Å². The average molecular weight is 750 g/mol. The summed E-state index contributed by atoms with van der Waals surface area (Å²) in [4.78, 5) is 15.1. The van der Waals surface area contributed by atoms with Gasteiger partial charge in [0.2, 0.25) is 0 Å². The number of hydrogen-bond acceptors (Lipinski definition) is 3. The molecule has 0 bridgehead atoms. The Balaban J connectivity index is 1.10. The maximum atomic E-state index is 5.38. The Bertz CT molecular complexity index is 3220. The van der Waals surface area contributed by atoms with Crippen LogP contribution in [0.1, 0.15) is 22.3 Å². The van der Waals surface area contributed by atoms with Crippen LogP contribution in [-0.4, -0.2) is 15.0 Å². The molecule has 3 heteroatoms. The molecule has 0 saturated carbocycles. The van der Waals surface area contributed by atoms with Crippen molar-refractivity contribution in [2.75, 3.05) is 0 Å². The topological polar surface area (TPSA) is 38.7 Å². The fourth-order valence-corrected chi connectivity index (χ4v) is 9.87. The van der Waals surface area contributed by atoms with E-state index in [4.69, 9.17) is 9.97 Å². The number of fused-ring (bicyclic) bond motifs is 13. The van der Waals surface area contributed by atoms with Gasteiger partial charge in [0.1, 0.15) is 0 Å². The van der Waals surface area contributed by atoms with Crippen LogP contribution in [0.5, 0.6) is 0 Å². The molecule has 0 saturated heterocycles. The van der Waals surface area contributed by atoms with Crippen LogP contribution < -0.4 is 0 Å². The fraction of sp³-hybridized carbons (Fsp3) is 0.0179. The first kappa shape index (κ1) is 33.4. The van der Waals surface area contributed by atoms with Gasteiger partial charge in [0.05, 0.1) is 16.8 Å². The quantitative estimate of drug-likeness (QED) is 0.180. The van der Waals surface area contributed by atoms with Gasteiger partial charge in [-0.15, -0.1) is 0 Å². The van der Waals surface area contributed by atoms with Crippen LogP contribution >= 0.6 is 0 Å². The zero-order valence-electron chi connectivity index (χ0n) is 32.0. The summed E-state index contributed by atoms with van der Waals surface area (Å²) < 4.78 is 0. The SMILES string of the molecule is c1cncc(-c2cc(-c3ccc4c(c3)C3(c5ccccc5-c5ccccc5-4)c4ccccc4-c4ccccc43)nc(-c3ccc(-c4cccc5ccccc45)cc3)n2)c1. The van der Waals surface area contributed by atoms with Crippen molar-refractivity contribution in [1.29, 1.82) is 0 Å². The number of aromatic nitrogens is 3. The summed E-state index contributed by atoms with van der Waals surface area (Å²) in [5.41, 5.74) is 19.0. The van der Waals surface area contributed by atoms with E-state index < -0.39 is 5.41 Å². The van der Waals surface area contributed by atoms with Gasteiger partial charge in [-0.1, -0.05) is 176 Å². The lowest BCUT2D eigenvalue weighted by molar-refractivity contribution is 0.775. The van der Waals surface area contributed by atoms with Gasteiger partial charge in [-0.05, 0) is 102 Å². The molecule has 0 N–H and O–H groups in total. The molecule has 8 aromatic carbocycles. The smallest absolute Gasteiger partial charge is 0.160 e. The Labute approximate surface area is 343 Å². The van der Waals surface area contributed by atoms with E-state index in [1.807, 2.05) is 12.3 Å². The molecule has 2 aliphatic carbocycles. The Kier molecular flexibility index (Phi) is 7.45. The van der Waals surface area contributed by atoms with E-state index in [9.17, 15) is 0 Å². The molecule has 12 rings (SSSR count). The number of nitrogens with zero attached hydrogens (tertiary/aromatic N) is 3. The van der Waals surface area contributed by atoms with Crippen molar-refractivity contribution in [3.63, 3.8) is 0 Å². The molecule has 2 aliphatic rings. The zero-order chi connectivity index (χ0) is 38.9. The zero-order valence-corrected chi connectivity index (χ0v) is 32.0. The molecule has 2 heterocycles. The predicted molar refractivity (Wildman–Crippen MR) is 241 cm³/mol. The first-order chi connectivity index (χ1) is 29.3. The highest BCUT2D eigenvalue weighted by Crippen LogP contribution is 2.61. The Morgan fingerprint density at radius 1 is 0.322 bits per heavy atom. The molecule has 10 aromatic rings. The van der Waals surface area contributed by atoms with Crippen molar-refractivity contribution in [2.45, 2.75) is 5.41 Å². The number of rotatable bonds is 4. The molecule has 3 nitrogen and oxygen atoms in total. The lowest BCUT2D eigenvalue weighted by atomic mass is 9.65. The van der Waals surface area contributed by atoms with Gasteiger partial charge < -0.3 is 0 Å². The summed E-state index contributed by atoms with van der Waals surface area (Å²) in [6.07, 6.45) is 3.68. The Morgan fingerprint density at radius 3 is 1.49 bits per heavy atom. The molecule has 0 fully saturated rings. The van der Waals surface area contributed by atoms with Crippen molar-refractivity contribution >= 4 is 10.8 Å². The first-order valence-corrected chi connectivity index (χ1v) is 20.2. The standard InChI is InChI=1S/C56H35N3/c1-2-16-41-36(13-1)14-11-22-42(41)37-26-28-38(29-27-37)55-58-53(34-54(59-55)40-15-12-32-57-35-40)39-30-31-48-44-18-4-3-17-43(44)45-19-5-8-23-49(45)56(52(48)33-39)50-24-9-6-20-46(50)47-21-7-10-25-51(47)56/h1-35H. The van der Waals surface area contributed by atoms with E-state index in [0.29, 0.717) is 5.82 Å². The molecule has 1 spiro atoms. The van der Waals surface area contributed by atoms with Crippen molar-refractivity contribution < 1.29 is 0 Å². The van der Waals surface area contributed by atoms with Crippen LogP contribution in [0, 0.1) is 0 Å². The molecule has 2 aromatic heterocycles. The summed E-state index contributed by atoms with van der Waals surface area (Å²) in [5, 5.41) is 2.46. The highest BCUT2D eigenvalue weighted by molar-refractivity contribution is 5.99. The second-order valence-electron chi connectivity index (χ2n) is 15.5. The van der Waals surface area contributed by atoms with E-state index in [2.05, 4.69) is 199 Å². The van der Waals surface area contributed by atoms with Crippen LogP contribution in [0.25, 0.3) is 89.2 Å². The average Bonchev–Trinajstić information content (AvgIpc) is 3.56. The molecule has 0 aliphatic heterocycles. The van der Waals surface area contributed by atoms with Crippen LogP contribution in [0.4, 0.5) is 0 Å². The minimum absolute atomic E-state index is 0.576. The van der Waals surface area contributed by atoms with Crippen LogP contribution in [-0.2, 0) is 5.41 Å². The van der Waals surface area contributed by atoms with E-state index in [1.54, 1.807) is 6.20 Å². The van der Waals surface area contributed by atoms with Crippen molar-refractivity contribution in [1.82, 2.24) is 15.0 Å². The first-order valence-electron chi connectivity index (χ1n) is 20.2. The van der Waals surface area contributed by atoms with Crippen LogP contribution in [0.3, 0.4) is 0 Å². The number of hydrogen-bond donors (Lipinski definition) is 0. The molecule has 0 radical (unpaired) electrons. The van der Waals surface area contributed by atoms with Crippen LogP contribution in [0.15, 0.2) is 213 Å². The largest absolute Gasteiger partial charge is 0.264 e. The maximum Gasteiger partial charge on any atom is 0.160 e. The summed E-state index contributed by atoms with van der Waals surface area (Å²) in [6.45, 7) is 0. The molecule has 0 atom stereocenters. The highest BCUT2D eigenvalue weighted by Gasteiger charge is 2.49. The Hall–Kier alpha value is -7.75. The highest BCUT2D eigenvalue weighted by atomic mass is 14.9. The minimum atomic E-state index is -0.576. The third-order valence-corrected chi connectivity index (χ3v) is 12.4. The van der Waals surface area contributed by atoms with Gasteiger partial charge in [-0.25, -0.2) is 9.97 Å². The normalized spacial score (nSPS) is 12.9. The Morgan fingerprint density at radius 2 is 0.831 bits per heavy atom. The number of benzene rings is 8. The van der Waals surface area contributed by atoms with Crippen molar-refractivity contribution in [2.24, 2.45) is 0 Å². The summed E-state index contributed by atoms with van der Waals surface area (Å²) in [5.74, 6) is 0.669. The van der Waals surface area contributed by atoms with Gasteiger partial charge in [-0.3, -0.25) is 4.98 Å². The van der Waals surface area contributed by atoms with E-state index in [-0.39, 0.29) is 0 Å². The molecule has 59 heavy (non-hydrogen) atoms. The van der Waals surface area contributed by atoms with Gasteiger partial charge >= 0.3 is 0 Å². The lowest BCUT2D eigenvalue weighted by Gasteiger charge is -2.35. The third-order valence-electron chi connectivity index (χ3n) is 12.4. The van der Waals surface area contributed by atoms with Gasteiger partial charge in [-0.2, -0.15) is 0 Å². The maximum absolute atomic E-state index is 5.38. The molecule has 0 unspecified atom stereocenters. The number of pyridine rings is 1. The van der Waals surface area contributed by atoms with E-state index in [1.165, 1.54) is 72.0 Å². The van der Waals surface area contributed by atoms with E-state index >= 15 is 0 Å². The van der Waals surface area contributed by atoms with Crippen molar-refractivity contribution in [3.8, 4) is 78.4 Å². The summed E-state index contributed by atoms with van der Waals surface area (Å²) >= 11 is 0. The third kappa shape index (κ3) is 5.05. The van der Waals surface area contributed by atoms with Crippen molar-refractivity contribution in [3.05, 3.63) is 235 Å². The van der Waals surface area contributed by atoms with E-state index in [0.717, 1.165) is 33.6 Å². The summed E-state index contributed by atoms with van der Waals surface area (Å²) in [6, 6.07) is 72.7. The second-order valence-corrected chi connectivity index (χ2v) is 15.5. The molecular weight excluding hydrogens is 715 g/mol. The second kappa shape index (κ2) is 13.2. The lowest BCUT2D eigenvalue weighted by Crippen LogP contribution is -2.29. The van der Waals surface area contributed by atoms with Gasteiger partial charge in [0.25, 0.3) is 0 Å². The summed E-state index contributed by atoms with van der Waals surface area (Å²) in [7, 11) is 0. The minimum Gasteiger partial charge on any atom is -0.264 e. The molecular formula is C56H35N3. The van der Waals surface area contributed by atoms with Crippen LogP contribution in [0.2, 0.25) is 0 Å². The van der Waals surface area contributed by atoms with Gasteiger partial charge in [0.15, 0.2) is 5.82 Å².